The molecular formula is C26H29N7O2S. The van der Waals surface area contributed by atoms with Crippen LogP contribution in [0.4, 0.5) is 17.5 Å². The van der Waals surface area contributed by atoms with E-state index in [-0.39, 0.29) is 4.90 Å². The molecule has 0 spiro atoms. The van der Waals surface area contributed by atoms with E-state index in [2.05, 4.69) is 43.5 Å². The van der Waals surface area contributed by atoms with Gasteiger partial charge in [0, 0.05) is 41.6 Å². The zero-order chi connectivity index (χ0) is 25.1. The van der Waals surface area contributed by atoms with E-state index < -0.39 is 10.0 Å². The molecule has 0 radical (unpaired) electrons. The molecule has 1 aliphatic rings. The number of sulfonamides is 1. The van der Waals surface area contributed by atoms with Gasteiger partial charge in [0.05, 0.1) is 10.4 Å². The molecule has 3 heterocycles. The fourth-order valence-electron chi connectivity index (χ4n) is 4.65. The zero-order valence-corrected chi connectivity index (χ0v) is 20.9. The highest BCUT2D eigenvalue weighted by Crippen LogP contribution is 2.29. The van der Waals surface area contributed by atoms with E-state index in [0.29, 0.717) is 17.7 Å². The van der Waals surface area contributed by atoms with E-state index in [1.165, 1.54) is 31.5 Å². The number of rotatable bonds is 8. The van der Waals surface area contributed by atoms with Crippen LogP contribution < -0.4 is 15.8 Å². The monoisotopic (exact) mass is 503 g/mol. The van der Waals surface area contributed by atoms with Crippen molar-refractivity contribution in [2.24, 2.45) is 5.14 Å². The smallest absolute Gasteiger partial charge is 0.238 e. The van der Waals surface area contributed by atoms with Crippen molar-refractivity contribution in [1.82, 2.24) is 19.9 Å². The average molecular weight is 504 g/mol. The van der Waals surface area contributed by atoms with Gasteiger partial charge in [-0.05, 0) is 74.0 Å². The summed E-state index contributed by atoms with van der Waals surface area (Å²) in [6.07, 6.45) is 6.15. The maximum Gasteiger partial charge on any atom is 0.238 e. The molecule has 0 bridgehead atoms. The number of aromatic nitrogens is 3. The molecule has 9 nitrogen and oxygen atoms in total. The molecule has 1 aliphatic heterocycles. The summed E-state index contributed by atoms with van der Waals surface area (Å²) in [5.41, 5.74) is 3.44. The Labute approximate surface area is 210 Å². The molecule has 36 heavy (non-hydrogen) atoms. The summed E-state index contributed by atoms with van der Waals surface area (Å²) in [6, 6.07) is 16.7. The topological polar surface area (TPSA) is 126 Å². The molecular weight excluding hydrogens is 474 g/mol. The molecule has 4 aromatic rings. The Bertz CT molecular complexity index is 1460. The van der Waals surface area contributed by atoms with Gasteiger partial charge in [0.25, 0.3) is 0 Å². The number of fused-ring (bicyclic) bond motifs is 1. The highest BCUT2D eigenvalue weighted by Gasteiger charge is 2.22. The predicted molar refractivity (Wildman–Crippen MR) is 143 cm³/mol. The number of likely N-dealkylation sites (tertiary alicyclic amines) is 1. The highest BCUT2D eigenvalue weighted by atomic mass is 32.2. The molecule has 186 valence electrons. The Kier molecular flexibility index (Phi) is 6.82. The van der Waals surface area contributed by atoms with Gasteiger partial charge >= 0.3 is 0 Å². The van der Waals surface area contributed by atoms with Crippen molar-refractivity contribution >= 4 is 38.4 Å². The van der Waals surface area contributed by atoms with Crippen LogP contribution in [0.25, 0.3) is 22.0 Å². The lowest BCUT2D eigenvalue weighted by Crippen LogP contribution is -2.34. The van der Waals surface area contributed by atoms with Crippen molar-refractivity contribution in [2.45, 2.75) is 30.7 Å². The largest absolute Gasteiger partial charge is 0.369 e. The standard InChI is InChI=1S/C26H29N7O2S/c1-2-33-14-4-5-20(33)16-29-25-13-8-18(15-28-25)22-6-3-7-24-23(22)17-30-26(32-24)31-19-9-11-21(12-10-19)36(27,34)35/h3,6-13,15,17,20H,2,4-5,14,16H2,1H3,(H,28,29)(H2,27,34,35)(H,30,31,32)/t20-/m1/s1. The van der Waals surface area contributed by atoms with Crippen LogP contribution in [0.3, 0.4) is 0 Å². The maximum absolute atomic E-state index is 11.4. The molecule has 0 unspecified atom stereocenters. The number of hydrogen-bond donors (Lipinski definition) is 3. The number of anilines is 3. The average Bonchev–Trinajstić information content (AvgIpc) is 3.35. The van der Waals surface area contributed by atoms with Gasteiger partial charge in [-0.25, -0.2) is 28.5 Å². The summed E-state index contributed by atoms with van der Waals surface area (Å²) in [5.74, 6) is 1.28. The molecule has 10 heteroatoms. The van der Waals surface area contributed by atoms with E-state index in [1.807, 2.05) is 30.5 Å². The second-order valence-corrected chi connectivity index (χ2v) is 10.4. The van der Waals surface area contributed by atoms with Crippen LogP contribution in [0.15, 0.2) is 71.9 Å². The quantitative estimate of drug-likeness (QED) is 0.330. The first-order valence-electron chi connectivity index (χ1n) is 12.0. The van der Waals surface area contributed by atoms with E-state index in [9.17, 15) is 8.42 Å². The van der Waals surface area contributed by atoms with Gasteiger partial charge in [0.2, 0.25) is 16.0 Å². The Morgan fingerprint density at radius 3 is 2.61 bits per heavy atom. The summed E-state index contributed by atoms with van der Waals surface area (Å²) >= 11 is 0. The van der Waals surface area contributed by atoms with Gasteiger partial charge in [0.1, 0.15) is 5.82 Å². The molecule has 1 saturated heterocycles. The van der Waals surface area contributed by atoms with Crippen molar-refractivity contribution < 1.29 is 8.42 Å². The van der Waals surface area contributed by atoms with Crippen LogP contribution in [-0.4, -0.2) is 53.9 Å². The van der Waals surface area contributed by atoms with Crippen molar-refractivity contribution in [3.8, 4) is 11.1 Å². The fraction of sp³-hybridized carbons (Fsp3) is 0.269. The Morgan fingerprint density at radius 2 is 1.89 bits per heavy atom. The van der Waals surface area contributed by atoms with Crippen LogP contribution in [0.2, 0.25) is 0 Å². The number of nitrogens with two attached hydrogens (primary N) is 1. The zero-order valence-electron chi connectivity index (χ0n) is 20.1. The normalized spacial score (nSPS) is 16.3. The summed E-state index contributed by atoms with van der Waals surface area (Å²) < 4.78 is 22.9. The summed E-state index contributed by atoms with van der Waals surface area (Å²) in [4.78, 5) is 16.3. The summed E-state index contributed by atoms with van der Waals surface area (Å²) in [7, 11) is -3.74. The van der Waals surface area contributed by atoms with Crippen molar-refractivity contribution in [3.63, 3.8) is 0 Å². The number of nitrogens with one attached hydrogen (secondary N) is 2. The molecule has 2 aromatic carbocycles. The second kappa shape index (κ2) is 10.2. The number of hydrogen-bond acceptors (Lipinski definition) is 8. The van der Waals surface area contributed by atoms with Gasteiger partial charge in [-0.1, -0.05) is 19.1 Å². The molecule has 2 aromatic heterocycles. The Hall–Kier alpha value is -3.60. The number of nitrogens with zero attached hydrogens (tertiary/aromatic N) is 4. The molecule has 5 rings (SSSR count). The van der Waals surface area contributed by atoms with Crippen LogP contribution >= 0.6 is 0 Å². The number of likely N-dealkylation sites (N-methyl/N-ethyl adjacent to an activating group) is 1. The first kappa shape index (κ1) is 24.1. The third kappa shape index (κ3) is 5.30. The van der Waals surface area contributed by atoms with Crippen molar-refractivity contribution in [2.75, 3.05) is 30.3 Å². The van der Waals surface area contributed by atoms with Gasteiger partial charge in [0.15, 0.2) is 0 Å². The molecule has 4 N–H and O–H groups in total. The van der Waals surface area contributed by atoms with Crippen molar-refractivity contribution in [1.29, 1.82) is 0 Å². The SMILES string of the molecule is CCN1CCC[C@@H]1CNc1ccc(-c2cccc3nc(Nc4ccc(S(N)(=O)=O)cc4)ncc23)cn1. The van der Waals surface area contributed by atoms with Gasteiger partial charge in [-0.3, -0.25) is 4.90 Å². The molecule has 0 aliphatic carbocycles. The lowest BCUT2D eigenvalue weighted by molar-refractivity contribution is 0.277. The lowest BCUT2D eigenvalue weighted by Gasteiger charge is -2.23. The lowest BCUT2D eigenvalue weighted by atomic mass is 10.0. The molecule has 1 fully saturated rings. The third-order valence-electron chi connectivity index (χ3n) is 6.56. The number of pyridine rings is 1. The molecule has 0 amide bonds. The van der Waals surface area contributed by atoms with Crippen molar-refractivity contribution in [3.05, 3.63) is 67.0 Å². The summed E-state index contributed by atoms with van der Waals surface area (Å²) in [5, 5.41) is 12.7. The summed E-state index contributed by atoms with van der Waals surface area (Å²) in [6.45, 7) is 5.39. The number of primary sulfonamides is 1. The minimum atomic E-state index is -3.74. The van der Waals surface area contributed by atoms with Crippen LogP contribution in [0, 0.1) is 0 Å². The Balaban J connectivity index is 1.31. The minimum absolute atomic E-state index is 0.0495. The van der Waals surface area contributed by atoms with Crippen LogP contribution in [-0.2, 0) is 10.0 Å². The van der Waals surface area contributed by atoms with Gasteiger partial charge in [-0.15, -0.1) is 0 Å². The predicted octanol–water partition coefficient (Wildman–Crippen LogP) is 3.98. The highest BCUT2D eigenvalue weighted by molar-refractivity contribution is 7.89. The fourth-order valence-corrected chi connectivity index (χ4v) is 5.16. The maximum atomic E-state index is 11.4. The van der Waals surface area contributed by atoms with Crippen LogP contribution in [0.5, 0.6) is 0 Å². The van der Waals surface area contributed by atoms with Gasteiger partial charge < -0.3 is 10.6 Å². The second-order valence-electron chi connectivity index (χ2n) is 8.86. The van der Waals surface area contributed by atoms with Crippen LogP contribution in [0.1, 0.15) is 19.8 Å². The number of benzene rings is 2. The van der Waals surface area contributed by atoms with E-state index in [0.717, 1.165) is 40.9 Å². The first-order valence-corrected chi connectivity index (χ1v) is 13.6. The minimum Gasteiger partial charge on any atom is -0.369 e. The first-order chi connectivity index (χ1) is 17.4. The van der Waals surface area contributed by atoms with E-state index in [4.69, 9.17) is 5.14 Å². The third-order valence-corrected chi connectivity index (χ3v) is 7.49. The van der Waals surface area contributed by atoms with E-state index in [1.54, 1.807) is 18.3 Å². The van der Waals surface area contributed by atoms with E-state index >= 15 is 0 Å². The Morgan fingerprint density at radius 1 is 1.06 bits per heavy atom. The molecule has 0 saturated carbocycles. The molecule has 1 atom stereocenters. The van der Waals surface area contributed by atoms with Gasteiger partial charge in [-0.2, -0.15) is 0 Å².